The van der Waals surface area contributed by atoms with Gasteiger partial charge in [0.2, 0.25) is 0 Å². The third kappa shape index (κ3) is 4.26. The van der Waals surface area contributed by atoms with Crippen molar-refractivity contribution >= 4 is 16.6 Å². The molecule has 2 fully saturated rings. The van der Waals surface area contributed by atoms with Crippen LogP contribution in [0.3, 0.4) is 0 Å². The first-order valence-electron chi connectivity index (χ1n) is 12.4. The highest BCUT2D eigenvalue weighted by molar-refractivity contribution is 6.02. The van der Waals surface area contributed by atoms with Gasteiger partial charge in [0.15, 0.2) is 5.75 Å². The fraction of sp³-hybridized carbons (Fsp3) is 0.276. The molecule has 0 amide bonds. The second kappa shape index (κ2) is 9.43. The van der Waals surface area contributed by atoms with E-state index in [2.05, 4.69) is 15.2 Å². The second-order valence-corrected chi connectivity index (χ2v) is 9.64. The molecule has 4 heterocycles. The van der Waals surface area contributed by atoms with Crippen molar-refractivity contribution < 1.29 is 14.2 Å². The van der Waals surface area contributed by atoms with Crippen LogP contribution in [0.2, 0.25) is 0 Å². The molecule has 2 aromatic heterocycles. The summed E-state index contributed by atoms with van der Waals surface area (Å²) in [6.07, 6.45) is 4.37. The molecule has 0 radical (unpaired) electrons. The van der Waals surface area contributed by atoms with Gasteiger partial charge in [0, 0.05) is 48.5 Å². The molecule has 0 aliphatic carbocycles. The Hall–Kier alpha value is -4.06. The van der Waals surface area contributed by atoms with Gasteiger partial charge >= 0.3 is 0 Å². The number of aromatic hydroxyl groups is 1. The summed E-state index contributed by atoms with van der Waals surface area (Å²) in [5.41, 5.74) is 5.34. The van der Waals surface area contributed by atoms with Gasteiger partial charge < -0.3 is 20.1 Å². The average Bonchev–Trinajstić information content (AvgIpc) is 2.91. The van der Waals surface area contributed by atoms with Crippen LogP contribution in [0.15, 0.2) is 54.9 Å². The van der Waals surface area contributed by atoms with Gasteiger partial charge in [-0.25, -0.2) is 4.39 Å². The van der Waals surface area contributed by atoms with Crippen molar-refractivity contribution in [1.29, 1.82) is 5.26 Å². The average molecular weight is 496 g/mol. The van der Waals surface area contributed by atoms with Crippen LogP contribution in [0.5, 0.6) is 5.75 Å². The topological polar surface area (TPSA) is 94.3 Å². The first kappa shape index (κ1) is 23.3. The van der Waals surface area contributed by atoms with Crippen molar-refractivity contribution in [3.8, 4) is 34.2 Å². The number of fused-ring (bicyclic) bond motifs is 2. The molecule has 0 bridgehead atoms. The van der Waals surface area contributed by atoms with Crippen molar-refractivity contribution in [3.63, 3.8) is 0 Å². The number of rotatable bonds is 3. The van der Waals surface area contributed by atoms with E-state index in [0.717, 1.165) is 65.9 Å². The number of benzene rings is 2. The highest BCUT2D eigenvalue weighted by atomic mass is 19.1. The largest absolute Gasteiger partial charge is 0.504 e. The van der Waals surface area contributed by atoms with Crippen molar-refractivity contribution in [3.05, 3.63) is 71.8 Å². The fourth-order valence-electron chi connectivity index (χ4n) is 5.51. The van der Waals surface area contributed by atoms with Crippen molar-refractivity contribution in [2.24, 2.45) is 0 Å². The van der Waals surface area contributed by atoms with E-state index in [9.17, 15) is 14.8 Å². The summed E-state index contributed by atoms with van der Waals surface area (Å²) < 4.78 is 20.5. The summed E-state index contributed by atoms with van der Waals surface area (Å²) >= 11 is 0. The lowest BCUT2D eigenvalue weighted by Crippen LogP contribution is -2.58. The molecular weight excluding hydrogens is 469 g/mol. The maximum atomic E-state index is 14.5. The monoisotopic (exact) mass is 495 g/mol. The molecular formula is C29H26FN5O2. The quantitative estimate of drug-likeness (QED) is 0.430. The lowest BCUT2D eigenvalue weighted by molar-refractivity contribution is -0.0134. The third-order valence-corrected chi connectivity index (χ3v) is 7.22. The van der Waals surface area contributed by atoms with Gasteiger partial charge in [-0.2, -0.15) is 5.26 Å². The smallest absolute Gasteiger partial charge is 0.159 e. The number of hydrogen-bond donors (Lipinski definition) is 2. The zero-order valence-corrected chi connectivity index (χ0v) is 20.4. The van der Waals surface area contributed by atoms with E-state index in [1.807, 2.05) is 43.5 Å². The Morgan fingerprint density at radius 1 is 1.16 bits per heavy atom. The highest BCUT2D eigenvalue weighted by Crippen LogP contribution is 2.41. The molecule has 2 N–H and O–H groups in total. The van der Waals surface area contributed by atoms with Gasteiger partial charge in [-0.15, -0.1) is 0 Å². The standard InChI is InChI=1S/C29H26FN5O2/c1-17-10-20(12-21(30)11-17)23-15-34-24-3-2-18(27-29(36)19(14-31)4-6-33-27)13-22(24)28(23)35-8-5-26-25(16-35)32-7-9-37-26/h2-4,6,10-13,15,25-26,32,36H,5,7-9,16H2,1H3/t25-,26-/m1/s1. The summed E-state index contributed by atoms with van der Waals surface area (Å²) in [6, 6.07) is 14.4. The Bertz CT molecular complexity index is 1530. The van der Waals surface area contributed by atoms with Crippen LogP contribution in [0.1, 0.15) is 17.5 Å². The normalized spacial score (nSPS) is 19.4. The van der Waals surface area contributed by atoms with Crippen molar-refractivity contribution in [1.82, 2.24) is 15.3 Å². The Morgan fingerprint density at radius 3 is 2.89 bits per heavy atom. The SMILES string of the molecule is Cc1cc(F)cc(-c2cnc3ccc(-c4nccc(C#N)c4O)cc3c2N2CC[C@H]3OCCN[C@@H]3C2)c1. The van der Waals surface area contributed by atoms with E-state index >= 15 is 0 Å². The predicted molar refractivity (Wildman–Crippen MR) is 140 cm³/mol. The van der Waals surface area contributed by atoms with Gasteiger partial charge in [0.25, 0.3) is 0 Å². The fourth-order valence-corrected chi connectivity index (χ4v) is 5.51. The number of piperidine rings is 1. The molecule has 8 heteroatoms. The number of morpholine rings is 1. The summed E-state index contributed by atoms with van der Waals surface area (Å²) in [4.78, 5) is 11.4. The van der Waals surface area contributed by atoms with Gasteiger partial charge in [-0.1, -0.05) is 12.1 Å². The molecule has 4 aromatic rings. The van der Waals surface area contributed by atoms with Gasteiger partial charge in [0.1, 0.15) is 17.6 Å². The third-order valence-electron chi connectivity index (χ3n) is 7.22. The molecule has 0 unspecified atom stereocenters. The van der Waals surface area contributed by atoms with Crippen LogP contribution in [0.4, 0.5) is 10.1 Å². The summed E-state index contributed by atoms with van der Waals surface area (Å²) in [5, 5.41) is 24.5. The van der Waals surface area contributed by atoms with Gasteiger partial charge in [-0.3, -0.25) is 9.97 Å². The Balaban J connectivity index is 1.56. The highest BCUT2D eigenvalue weighted by Gasteiger charge is 2.33. The minimum absolute atomic E-state index is 0.153. The number of nitriles is 1. The van der Waals surface area contributed by atoms with E-state index < -0.39 is 0 Å². The van der Waals surface area contributed by atoms with Crippen molar-refractivity contribution in [2.75, 3.05) is 31.1 Å². The molecule has 0 saturated carbocycles. The first-order chi connectivity index (χ1) is 18.0. The molecule has 186 valence electrons. The van der Waals surface area contributed by atoms with E-state index in [-0.39, 0.29) is 29.3 Å². The number of ether oxygens (including phenoxy) is 1. The summed E-state index contributed by atoms with van der Waals surface area (Å²) in [7, 11) is 0. The number of nitrogens with one attached hydrogen (secondary N) is 1. The maximum Gasteiger partial charge on any atom is 0.159 e. The Morgan fingerprint density at radius 2 is 2.05 bits per heavy atom. The Labute approximate surface area is 214 Å². The number of hydrogen-bond acceptors (Lipinski definition) is 7. The van der Waals surface area contributed by atoms with Crippen LogP contribution in [-0.4, -0.2) is 53.5 Å². The van der Waals surface area contributed by atoms with Crippen molar-refractivity contribution in [2.45, 2.75) is 25.5 Å². The molecule has 37 heavy (non-hydrogen) atoms. The van der Waals surface area contributed by atoms with E-state index in [1.54, 1.807) is 6.07 Å². The van der Waals surface area contributed by atoms with Crippen LogP contribution >= 0.6 is 0 Å². The molecule has 2 saturated heterocycles. The lowest BCUT2D eigenvalue weighted by Gasteiger charge is -2.43. The molecule has 2 aliphatic heterocycles. The van der Waals surface area contributed by atoms with Gasteiger partial charge in [-0.05, 0) is 54.8 Å². The zero-order valence-electron chi connectivity index (χ0n) is 20.4. The number of halogens is 1. The van der Waals surface area contributed by atoms with Crippen LogP contribution < -0.4 is 10.2 Å². The maximum absolute atomic E-state index is 14.5. The number of pyridine rings is 2. The number of aryl methyl sites for hydroxylation is 1. The summed E-state index contributed by atoms with van der Waals surface area (Å²) in [5.74, 6) is -0.446. The molecule has 2 aliphatic rings. The molecule has 7 nitrogen and oxygen atoms in total. The minimum Gasteiger partial charge on any atom is -0.504 e. The predicted octanol–water partition coefficient (Wildman–Crippen LogP) is 4.56. The van der Waals surface area contributed by atoms with E-state index in [4.69, 9.17) is 9.72 Å². The van der Waals surface area contributed by atoms with E-state index in [0.29, 0.717) is 11.3 Å². The van der Waals surface area contributed by atoms with Crippen LogP contribution in [0.25, 0.3) is 33.3 Å². The van der Waals surface area contributed by atoms with Crippen LogP contribution in [-0.2, 0) is 4.74 Å². The molecule has 6 rings (SSSR count). The summed E-state index contributed by atoms with van der Waals surface area (Å²) in [6.45, 7) is 4.93. The Kier molecular flexibility index (Phi) is 5.95. The number of nitrogens with zero attached hydrogens (tertiary/aromatic N) is 4. The second-order valence-electron chi connectivity index (χ2n) is 9.64. The minimum atomic E-state index is -0.293. The zero-order chi connectivity index (χ0) is 25.5. The first-order valence-corrected chi connectivity index (χ1v) is 12.4. The molecule has 0 spiro atoms. The van der Waals surface area contributed by atoms with Crippen LogP contribution in [0, 0.1) is 24.1 Å². The van der Waals surface area contributed by atoms with Gasteiger partial charge in [0.05, 0.1) is 35.5 Å². The lowest BCUT2D eigenvalue weighted by atomic mass is 9.94. The molecule has 2 atom stereocenters. The number of aromatic nitrogens is 2. The van der Waals surface area contributed by atoms with E-state index in [1.165, 1.54) is 18.3 Å². The molecule has 2 aromatic carbocycles. The number of anilines is 1.